The first kappa shape index (κ1) is 14.5. The van der Waals surface area contributed by atoms with Crippen LogP contribution in [0.5, 0.6) is 0 Å². The lowest BCUT2D eigenvalue weighted by molar-refractivity contribution is -0.113. The molecule has 21 heavy (non-hydrogen) atoms. The van der Waals surface area contributed by atoms with E-state index in [0.717, 1.165) is 5.39 Å². The summed E-state index contributed by atoms with van der Waals surface area (Å²) in [6, 6.07) is 11.6. The predicted molar refractivity (Wildman–Crippen MR) is 82.2 cm³/mol. The molecule has 3 rings (SSSR count). The lowest BCUT2D eigenvalue weighted by Crippen LogP contribution is -2.40. The SMILES string of the molecule is O=C(Cl)[C@H]1NCCC1S(=O)(=O)c1cccc2ccccc12. The van der Waals surface area contributed by atoms with Crippen molar-refractivity contribution in [3.63, 3.8) is 0 Å². The monoisotopic (exact) mass is 323 g/mol. The van der Waals surface area contributed by atoms with Gasteiger partial charge in [0.2, 0.25) is 5.24 Å². The van der Waals surface area contributed by atoms with Crippen molar-refractivity contribution < 1.29 is 13.2 Å². The molecule has 2 aromatic rings. The van der Waals surface area contributed by atoms with E-state index in [-0.39, 0.29) is 4.90 Å². The lowest BCUT2D eigenvalue weighted by atomic mass is 10.1. The summed E-state index contributed by atoms with van der Waals surface area (Å²) in [6.07, 6.45) is 0.384. The van der Waals surface area contributed by atoms with E-state index in [4.69, 9.17) is 11.6 Å². The summed E-state index contributed by atoms with van der Waals surface area (Å²) in [5.74, 6) is 0. The van der Waals surface area contributed by atoms with E-state index in [0.29, 0.717) is 18.4 Å². The van der Waals surface area contributed by atoms with E-state index in [1.807, 2.05) is 18.2 Å². The van der Waals surface area contributed by atoms with Gasteiger partial charge < -0.3 is 5.32 Å². The fraction of sp³-hybridized carbons (Fsp3) is 0.267. The molecule has 2 atom stereocenters. The zero-order valence-electron chi connectivity index (χ0n) is 11.1. The second kappa shape index (κ2) is 5.40. The maximum atomic E-state index is 12.9. The second-order valence-electron chi connectivity index (χ2n) is 5.09. The molecule has 1 N–H and O–H groups in total. The van der Waals surface area contributed by atoms with Gasteiger partial charge in [0, 0.05) is 5.39 Å². The van der Waals surface area contributed by atoms with Crippen LogP contribution in [0.3, 0.4) is 0 Å². The Morgan fingerprint density at radius 1 is 1.14 bits per heavy atom. The third kappa shape index (κ3) is 2.46. The van der Waals surface area contributed by atoms with E-state index in [9.17, 15) is 13.2 Å². The van der Waals surface area contributed by atoms with Crippen molar-refractivity contribution in [1.29, 1.82) is 0 Å². The maximum Gasteiger partial charge on any atom is 0.239 e. The Kier molecular flexibility index (Phi) is 3.73. The Morgan fingerprint density at radius 2 is 1.86 bits per heavy atom. The topological polar surface area (TPSA) is 63.2 Å². The summed E-state index contributed by atoms with van der Waals surface area (Å²) < 4.78 is 25.8. The van der Waals surface area contributed by atoms with Crippen LogP contribution in [0.1, 0.15) is 6.42 Å². The minimum Gasteiger partial charge on any atom is -0.305 e. The Balaban J connectivity index is 2.15. The van der Waals surface area contributed by atoms with Gasteiger partial charge in [-0.15, -0.1) is 0 Å². The van der Waals surface area contributed by atoms with Gasteiger partial charge in [-0.1, -0.05) is 36.4 Å². The fourth-order valence-corrected chi connectivity index (χ4v) is 5.24. The molecule has 1 unspecified atom stereocenters. The van der Waals surface area contributed by atoms with Crippen LogP contribution in [0.25, 0.3) is 10.8 Å². The number of carbonyl (C=O) groups is 1. The smallest absolute Gasteiger partial charge is 0.239 e. The predicted octanol–water partition coefficient (Wildman–Crippen LogP) is 2.11. The first-order valence-corrected chi connectivity index (χ1v) is 8.58. The van der Waals surface area contributed by atoms with E-state index in [1.165, 1.54) is 0 Å². The highest BCUT2D eigenvalue weighted by Gasteiger charge is 2.41. The standard InChI is InChI=1S/C15H14ClNO3S/c16-15(18)14-13(8-9-17-14)21(19,20)12-7-3-5-10-4-1-2-6-11(10)12/h1-7,13-14,17H,8-9H2/t13?,14-/m0/s1. The zero-order valence-corrected chi connectivity index (χ0v) is 12.7. The number of rotatable bonds is 3. The Labute approximate surface area is 128 Å². The molecule has 6 heteroatoms. The molecular weight excluding hydrogens is 310 g/mol. The molecule has 0 radical (unpaired) electrons. The van der Waals surface area contributed by atoms with Crippen molar-refractivity contribution in [2.45, 2.75) is 22.6 Å². The van der Waals surface area contributed by atoms with Crippen molar-refractivity contribution in [3.05, 3.63) is 42.5 Å². The number of halogens is 1. The van der Waals surface area contributed by atoms with Crippen molar-refractivity contribution in [3.8, 4) is 0 Å². The van der Waals surface area contributed by atoms with Crippen molar-refractivity contribution in [2.75, 3.05) is 6.54 Å². The molecule has 1 aliphatic rings. The molecule has 0 aromatic heterocycles. The van der Waals surface area contributed by atoms with Crippen LogP contribution >= 0.6 is 11.6 Å². The first-order valence-electron chi connectivity index (χ1n) is 6.66. The van der Waals surface area contributed by atoms with Crippen LogP contribution in [0.15, 0.2) is 47.4 Å². The molecule has 1 heterocycles. The molecule has 0 amide bonds. The molecule has 1 saturated heterocycles. The number of hydrogen-bond donors (Lipinski definition) is 1. The van der Waals surface area contributed by atoms with Crippen molar-refractivity contribution in [2.24, 2.45) is 0 Å². The number of sulfone groups is 1. The minimum atomic E-state index is -3.63. The Bertz CT molecular complexity index is 798. The Hall–Kier alpha value is -1.43. The number of benzene rings is 2. The van der Waals surface area contributed by atoms with Gasteiger partial charge in [0.15, 0.2) is 9.84 Å². The number of carbonyl (C=O) groups excluding carboxylic acids is 1. The van der Waals surface area contributed by atoms with Crippen LogP contribution in [0.2, 0.25) is 0 Å². The summed E-state index contributed by atoms with van der Waals surface area (Å²) in [6.45, 7) is 0.470. The van der Waals surface area contributed by atoms with Gasteiger partial charge in [-0.25, -0.2) is 8.42 Å². The largest absolute Gasteiger partial charge is 0.305 e. The summed E-state index contributed by atoms with van der Waals surface area (Å²) in [4.78, 5) is 11.7. The van der Waals surface area contributed by atoms with E-state index < -0.39 is 26.4 Å². The summed E-state index contributed by atoms with van der Waals surface area (Å²) in [5, 5.41) is 2.94. The van der Waals surface area contributed by atoms with Crippen molar-refractivity contribution >= 4 is 37.5 Å². The summed E-state index contributed by atoms with van der Waals surface area (Å²) in [5.41, 5.74) is 0. The zero-order chi connectivity index (χ0) is 15.0. The number of fused-ring (bicyclic) bond motifs is 1. The molecular formula is C15H14ClNO3S. The summed E-state index contributed by atoms with van der Waals surface area (Å²) >= 11 is 5.52. The van der Waals surface area contributed by atoms with E-state index >= 15 is 0 Å². The molecule has 0 bridgehead atoms. The van der Waals surface area contributed by atoms with Crippen LogP contribution in [0, 0.1) is 0 Å². The van der Waals surface area contributed by atoms with Crippen molar-refractivity contribution in [1.82, 2.24) is 5.32 Å². The average Bonchev–Trinajstić information content (AvgIpc) is 2.97. The average molecular weight is 324 g/mol. The van der Waals surface area contributed by atoms with Crippen LogP contribution in [0.4, 0.5) is 0 Å². The van der Waals surface area contributed by atoms with Gasteiger partial charge in [0.05, 0.1) is 16.2 Å². The van der Waals surface area contributed by atoms with E-state index in [2.05, 4.69) is 5.32 Å². The molecule has 1 fully saturated rings. The second-order valence-corrected chi connectivity index (χ2v) is 7.59. The molecule has 0 saturated carbocycles. The Morgan fingerprint density at radius 3 is 2.62 bits per heavy atom. The molecule has 4 nitrogen and oxygen atoms in total. The first-order chi connectivity index (χ1) is 10.0. The lowest BCUT2D eigenvalue weighted by Gasteiger charge is -2.17. The number of nitrogens with one attached hydrogen (secondary N) is 1. The highest BCUT2D eigenvalue weighted by Crippen LogP contribution is 2.30. The van der Waals surface area contributed by atoms with Gasteiger partial charge in [0.25, 0.3) is 0 Å². The van der Waals surface area contributed by atoms with Crippen LogP contribution in [-0.4, -0.2) is 31.5 Å². The minimum absolute atomic E-state index is 0.261. The third-order valence-electron chi connectivity index (χ3n) is 3.86. The molecule has 1 aliphatic heterocycles. The van der Waals surface area contributed by atoms with Gasteiger partial charge in [-0.3, -0.25) is 4.79 Å². The van der Waals surface area contributed by atoms with Crippen LogP contribution in [-0.2, 0) is 14.6 Å². The summed E-state index contributed by atoms with van der Waals surface area (Å²) in [7, 11) is -3.63. The van der Waals surface area contributed by atoms with Gasteiger partial charge in [-0.2, -0.15) is 0 Å². The molecule has 110 valence electrons. The number of hydrogen-bond acceptors (Lipinski definition) is 4. The van der Waals surface area contributed by atoms with Gasteiger partial charge in [0.1, 0.15) is 0 Å². The third-order valence-corrected chi connectivity index (χ3v) is 6.37. The van der Waals surface area contributed by atoms with Gasteiger partial charge in [-0.05, 0) is 36.0 Å². The van der Waals surface area contributed by atoms with E-state index in [1.54, 1.807) is 24.3 Å². The maximum absolute atomic E-state index is 12.9. The van der Waals surface area contributed by atoms with Gasteiger partial charge >= 0.3 is 0 Å². The van der Waals surface area contributed by atoms with Crippen LogP contribution < -0.4 is 5.32 Å². The highest BCUT2D eigenvalue weighted by atomic mass is 35.5. The normalized spacial score (nSPS) is 22.5. The molecule has 0 aliphatic carbocycles. The molecule has 2 aromatic carbocycles. The highest BCUT2D eigenvalue weighted by molar-refractivity contribution is 7.92. The molecule has 0 spiro atoms. The quantitative estimate of drug-likeness (QED) is 0.879. The fourth-order valence-electron chi connectivity index (χ4n) is 2.85.